The molecule has 44 valence electrons. The lowest BCUT2D eigenvalue weighted by Gasteiger charge is -2.05. The Morgan fingerprint density at radius 1 is 1.71 bits per heavy atom. The van der Waals surface area contributed by atoms with Crippen LogP contribution in [0.25, 0.3) is 0 Å². The van der Waals surface area contributed by atoms with Gasteiger partial charge in [-0.25, -0.2) is 0 Å². The van der Waals surface area contributed by atoms with E-state index in [1.807, 2.05) is 0 Å². The number of alkyl halides is 1. The molecule has 0 aromatic heterocycles. The number of hydrogen-bond acceptors (Lipinski definition) is 1. The van der Waals surface area contributed by atoms with Gasteiger partial charge in [-0.2, -0.15) is 0 Å². The lowest BCUT2D eigenvalue weighted by Crippen LogP contribution is -2.26. The Balaban J connectivity index is 2.83. The molecule has 1 atom stereocenters. The molecule has 2 heteroatoms. The lowest BCUT2D eigenvalue weighted by atomic mass is 10.4. The molecule has 0 radical (unpaired) electrons. The number of hydrogen-bond donors (Lipinski definition) is 1. The second kappa shape index (κ2) is 4.60. The Hall–Kier alpha value is 0.440. The average Bonchev–Trinajstić information content (AvgIpc) is 1.68. The van der Waals surface area contributed by atoms with Gasteiger partial charge in [-0.3, -0.25) is 0 Å². The summed E-state index contributed by atoms with van der Waals surface area (Å²) in [6.07, 6.45) is 0. The van der Waals surface area contributed by atoms with Crippen LogP contribution in [0.3, 0.4) is 0 Å². The largest absolute Gasteiger partial charge is 0.314 e. The van der Waals surface area contributed by atoms with Crippen LogP contribution in [0.5, 0.6) is 0 Å². The van der Waals surface area contributed by atoms with Crippen molar-refractivity contribution in [1.29, 1.82) is 0 Å². The molecule has 0 aliphatic rings. The number of rotatable bonds is 3. The first kappa shape index (κ1) is 7.44. The van der Waals surface area contributed by atoms with Crippen molar-refractivity contribution in [3.8, 4) is 0 Å². The molecule has 1 unspecified atom stereocenters. The Kier molecular flexibility index (Phi) is 4.88. The SMILES string of the molecule is CCNC(C)CBr. The van der Waals surface area contributed by atoms with Gasteiger partial charge >= 0.3 is 0 Å². The summed E-state index contributed by atoms with van der Waals surface area (Å²) in [5, 5.41) is 4.29. The summed E-state index contributed by atoms with van der Waals surface area (Å²) >= 11 is 3.35. The van der Waals surface area contributed by atoms with E-state index in [9.17, 15) is 0 Å². The summed E-state index contributed by atoms with van der Waals surface area (Å²) in [5.74, 6) is 0. The van der Waals surface area contributed by atoms with Crippen molar-refractivity contribution in [2.75, 3.05) is 11.9 Å². The maximum atomic E-state index is 3.35. The molecule has 0 saturated carbocycles. The van der Waals surface area contributed by atoms with Crippen molar-refractivity contribution >= 4 is 15.9 Å². The molecule has 0 bridgehead atoms. The quantitative estimate of drug-likeness (QED) is 0.624. The van der Waals surface area contributed by atoms with Gasteiger partial charge in [-0.05, 0) is 13.5 Å². The Morgan fingerprint density at radius 3 is 2.43 bits per heavy atom. The summed E-state index contributed by atoms with van der Waals surface area (Å²) in [5.41, 5.74) is 0. The topological polar surface area (TPSA) is 12.0 Å². The number of nitrogens with one attached hydrogen (secondary N) is 1. The van der Waals surface area contributed by atoms with Crippen LogP contribution in [-0.2, 0) is 0 Å². The molecule has 0 aromatic rings. The van der Waals surface area contributed by atoms with Gasteiger partial charge in [-0.15, -0.1) is 0 Å². The zero-order chi connectivity index (χ0) is 5.70. The van der Waals surface area contributed by atoms with Gasteiger partial charge in [0.1, 0.15) is 0 Å². The Bertz CT molecular complexity index is 39.1. The lowest BCUT2D eigenvalue weighted by molar-refractivity contribution is 0.623. The highest BCUT2D eigenvalue weighted by atomic mass is 79.9. The molecule has 1 N–H and O–H groups in total. The van der Waals surface area contributed by atoms with E-state index in [4.69, 9.17) is 0 Å². The zero-order valence-electron chi connectivity index (χ0n) is 4.87. The first-order valence-corrected chi connectivity index (χ1v) is 3.72. The maximum absolute atomic E-state index is 3.35. The van der Waals surface area contributed by atoms with Gasteiger partial charge in [0.2, 0.25) is 0 Å². The second-order valence-electron chi connectivity index (χ2n) is 1.61. The Morgan fingerprint density at radius 2 is 2.29 bits per heavy atom. The van der Waals surface area contributed by atoms with Gasteiger partial charge in [0.05, 0.1) is 0 Å². The minimum atomic E-state index is 0.616. The summed E-state index contributed by atoms with van der Waals surface area (Å²) in [7, 11) is 0. The molecule has 1 nitrogen and oxygen atoms in total. The zero-order valence-corrected chi connectivity index (χ0v) is 6.46. The summed E-state index contributed by atoms with van der Waals surface area (Å²) < 4.78 is 0. The van der Waals surface area contributed by atoms with Gasteiger partial charge in [0.15, 0.2) is 0 Å². The molecule has 0 aromatic carbocycles. The third kappa shape index (κ3) is 4.29. The van der Waals surface area contributed by atoms with Crippen LogP contribution in [0.2, 0.25) is 0 Å². The van der Waals surface area contributed by atoms with Crippen LogP contribution in [-0.4, -0.2) is 17.9 Å². The fraction of sp³-hybridized carbons (Fsp3) is 1.00. The van der Waals surface area contributed by atoms with Gasteiger partial charge in [-0.1, -0.05) is 22.9 Å². The smallest absolute Gasteiger partial charge is 0.0183 e. The fourth-order valence-electron chi connectivity index (χ4n) is 0.403. The molecule has 7 heavy (non-hydrogen) atoms. The van der Waals surface area contributed by atoms with Crippen molar-refractivity contribution < 1.29 is 0 Å². The van der Waals surface area contributed by atoms with E-state index < -0.39 is 0 Å². The van der Waals surface area contributed by atoms with Crippen LogP contribution in [0.15, 0.2) is 0 Å². The molecule has 0 amide bonds. The monoisotopic (exact) mass is 165 g/mol. The van der Waals surface area contributed by atoms with Crippen LogP contribution >= 0.6 is 15.9 Å². The second-order valence-corrected chi connectivity index (χ2v) is 2.26. The van der Waals surface area contributed by atoms with E-state index >= 15 is 0 Å². The normalized spacial score (nSPS) is 14.1. The summed E-state index contributed by atoms with van der Waals surface area (Å²) in [6.45, 7) is 5.32. The van der Waals surface area contributed by atoms with Gasteiger partial charge < -0.3 is 5.32 Å². The highest BCUT2D eigenvalue weighted by Crippen LogP contribution is 1.86. The van der Waals surface area contributed by atoms with E-state index in [1.165, 1.54) is 0 Å². The predicted octanol–water partition coefficient (Wildman–Crippen LogP) is 1.38. The molecule has 0 heterocycles. The van der Waals surface area contributed by atoms with Gasteiger partial charge in [0, 0.05) is 11.4 Å². The fourth-order valence-corrected chi connectivity index (χ4v) is 0.632. The number of halogens is 1. The first-order valence-electron chi connectivity index (χ1n) is 2.60. The molecule has 0 fully saturated rings. The summed E-state index contributed by atoms with van der Waals surface area (Å²) in [4.78, 5) is 0. The highest BCUT2D eigenvalue weighted by Gasteiger charge is 1.91. The van der Waals surface area contributed by atoms with E-state index in [1.54, 1.807) is 0 Å². The standard InChI is InChI=1S/C5H12BrN/c1-3-7-5(2)4-6/h5,7H,3-4H2,1-2H3. The van der Waals surface area contributed by atoms with E-state index in [0.29, 0.717) is 6.04 Å². The maximum Gasteiger partial charge on any atom is 0.0183 e. The molecule has 0 aliphatic heterocycles. The molecule has 0 rings (SSSR count). The third-order valence-corrected chi connectivity index (χ3v) is 1.76. The molecule has 0 spiro atoms. The van der Waals surface area contributed by atoms with Crippen LogP contribution in [0.4, 0.5) is 0 Å². The third-order valence-electron chi connectivity index (χ3n) is 0.784. The van der Waals surface area contributed by atoms with E-state index in [-0.39, 0.29) is 0 Å². The Labute approximate surface area is 53.6 Å². The first-order chi connectivity index (χ1) is 3.31. The van der Waals surface area contributed by atoms with Crippen molar-refractivity contribution in [1.82, 2.24) is 5.32 Å². The van der Waals surface area contributed by atoms with Crippen molar-refractivity contribution in [2.24, 2.45) is 0 Å². The van der Waals surface area contributed by atoms with Crippen LogP contribution < -0.4 is 5.32 Å². The van der Waals surface area contributed by atoms with E-state index in [0.717, 1.165) is 11.9 Å². The molecule has 0 saturated heterocycles. The van der Waals surface area contributed by atoms with Crippen molar-refractivity contribution in [3.63, 3.8) is 0 Å². The molecular weight excluding hydrogens is 154 g/mol. The van der Waals surface area contributed by atoms with Crippen LogP contribution in [0, 0.1) is 0 Å². The average molecular weight is 166 g/mol. The van der Waals surface area contributed by atoms with Crippen molar-refractivity contribution in [2.45, 2.75) is 19.9 Å². The van der Waals surface area contributed by atoms with Crippen molar-refractivity contribution in [3.05, 3.63) is 0 Å². The van der Waals surface area contributed by atoms with Crippen LogP contribution in [0.1, 0.15) is 13.8 Å². The molecular formula is C5H12BrN. The minimum Gasteiger partial charge on any atom is -0.314 e. The van der Waals surface area contributed by atoms with Gasteiger partial charge in [0.25, 0.3) is 0 Å². The predicted molar refractivity (Wildman–Crippen MR) is 36.9 cm³/mol. The summed E-state index contributed by atoms with van der Waals surface area (Å²) in [6, 6.07) is 0.616. The van der Waals surface area contributed by atoms with E-state index in [2.05, 4.69) is 35.1 Å². The molecule has 0 aliphatic carbocycles. The minimum absolute atomic E-state index is 0.616. The highest BCUT2D eigenvalue weighted by molar-refractivity contribution is 9.09.